The smallest absolute Gasteiger partial charge is 0.321 e. The van der Waals surface area contributed by atoms with E-state index in [0.717, 1.165) is 5.69 Å². The number of nitrogens with zero attached hydrogens (tertiary/aromatic N) is 3. The molecule has 1 aromatic carbocycles. The number of anilines is 1. The van der Waals surface area contributed by atoms with Crippen molar-refractivity contribution in [3.8, 4) is 0 Å². The average Bonchev–Trinajstić information content (AvgIpc) is 2.74. The molecule has 2 fully saturated rings. The maximum atomic E-state index is 12.2. The van der Waals surface area contributed by atoms with Crippen LogP contribution in [0.3, 0.4) is 0 Å². The van der Waals surface area contributed by atoms with E-state index in [1.165, 1.54) is 0 Å². The number of hydrogen-bond donors (Lipinski definition) is 1. The molecule has 2 heterocycles. The van der Waals surface area contributed by atoms with Crippen molar-refractivity contribution in [2.24, 2.45) is 0 Å². The zero-order valence-corrected chi connectivity index (χ0v) is 11.5. The lowest BCUT2D eigenvalue weighted by molar-refractivity contribution is 0.135. The van der Waals surface area contributed by atoms with Crippen molar-refractivity contribution in [3.05, 3.63) is 30.3 Å². The fourth-order valence-corrected chi connectivity index (χ4v) is 2.79. The predicted octanol–water partition coefficient (Wildman–Crippen LogP) is 1.27. The molecule has 6 heteroatoms. The Balaban J connectivity index is 1.62. The minimum atomic E-state index is -0.0992. The van der Waals surface area contributed by atoms with E-state index in [1.807, 2.05) is 35.2 Å². The summed E-state index contributed by atoms with van der Waals surface area (Å²) >= 11 is 0. The molecular formula is C14H18N4O2. The number of benzene rings is 1. The molecule has 1 unspecified atom stereocenters. The highest BCUT2D eigenvalue weighted by Crippen LogP contribution is 2.19. The molecule has 2 aliphatic rings. The van der Waals surface area contributed by atoms with Gasteiger partial charge in [0.15, 0.2) is 0 Å². The van der Waals surface area contributed by atoms with Crippen molar-refractivity contribution in [1.29, 1.82) is 0 Å². The first-order valence-electron chi connectivity index (χ1n) is 6.78. The summed E-state index contributed by atoms with van der Waals surface area (Å²) in [6, 6.07) is 9.49. The van der Waals surface area contributed by atoms with E-state index in [-0.39, 0.29) is 18.1 Å². The molecule has 3 rings (SSSR count). The predicted molar refractivity (Wildman–Crippen MR) is 75.6 cm³/mol. The van der Waals surface area contributed by atoms with E-state index < -0.39 is 0 Å². The number of para-hydroxylation sites is 1. The standard InChI is InChI=1S/C14H18N4O2/c1-16-9-12-10-17(7-8-18(12)14(16)20)13(19)15-11-5-3-2-4-6-11/h2-6,12H,7-10H2,1H3,(H,15,19). The topological polar surface area (TPSA) is 55.9 Å². The Morgan fingerprint density at radius 2 is 1.95 bits per heavy atom. The number of likely N-dealkylation sites (N-methyl/N-ethyl adjacent to an activating group) is 1. The van der Waals surface area contributed by atoms with Gasteiger partial charge < -0.3 is 20.0 Å². The molecule has 1 N–H and O–H groups in total. The maximum absolute atomic E-state index is 12.2. The van der Waals surface area contributed by atoms with E-state index in [9.17, 15) is 9.59 Å². The number of rotatable bonds is 1. The summed E-state index contributed by atoms with van der Waals surface area (Å²) in [4.78, 5) is 29.4. The van der Waals surface area contributed by atoms with Crippen LogP contribution < -0.4 is 5.32 Å². The lowest BCUT2D eigenvalue weighted by Crippen LogP contribution is -2.54. The second kappa shape index (κ2) is 5.03. The zero-order chi connectivity index (χ0) is 14.1. The Kier molecular flexibility index (Phi) is 3.22. The number of piperazine rings is 1. The number of amides is 4. The van der Waals surface area contributed by atoms with Gasteiger partial charge in [-0.2, -0.15) is 0 Å². The number of fused-ring (bicyclic) bond motifs is 1. The van der Waals surface area contributed by atoms with Crippen LogP contribution >= 0.6 is 0 Å². The van der Waals surface area contributed by atoms with Crippen molar-refractivity contribution < 1.29 is 9.59 Å². The Hall–Kier alpha value is -2.24. The quantitative estimate of drug-likeness (QED) is 0.838. The van der Waals surface area contributed by atoms with Gasteiger partial charge in [0.1, 0.15) is 0 Å². The van der Waals surface area contributed by atoms with Gasteiger partial charge in [0.2, 0.25) is 0 Å². The van der Waals surface area contributed by atoms with Crippen molar-refractivity contribution in [2.45, 2.75) is 6.04 Å². The van der Waals surface area contributed by atoms with Crippen LogP contribution in [0.1, 0.15) is 0 Å². The molecule has 6 nitrogen and oxygen atoms in total. The maximum Gasteiger partial charge on any atom is 0.321 e. The van der Waals surface area contributed by atoms with Gasteiger partial charge in [-0.05, 0) is 12.1 Å². The van der Waals surface area contributed by atoms with E-state index in [1.54, 1.807) is 16.8 Å². The summed E-state index contributed by atoms with van der Waals surface area (Å²) in [5.41, 5.74) is 0.791. The van der Waals surface area contributed by atoms with Gasteiger partial charge in [0.25, 0.3) is 0 Å². The number of carbonyl (C=O) groups excluding carboxylic acids is 2. The van der Waals surface area contributed by atoms with Gasteiger partial charge in [0.05, 0.1) is 6.04 Å². The second-order valence-corrected chi connectivity index (χ2v) is 5.25. The van der Waals surface area contributed by atoms with Crippen LogP contribution in [0.15, 0.2) is 30.3 Å². The Morgan fingerprint density at radius 1 is 1.20 bits per heavy atom. The highest BCUT2D eigenvalue weighted by atomic mass is 16.2. The molecule has 0 aliphatic carbocycles. The number of hydrogen-bond acceptors (Lipinski definition) is 2. The first kappa shape index (κ1) is 12.8. The first-order chi connectivity index (χ1) is 9.65. The van der Waals surface area contributed by atoms with E-state index in [2.05, 4.69) is 5.32 Å². The molecule has 0 radical (unpaired) electrons. The van der Waals surface area contributed by atoms with Crippen LogP contribution in [0.25, 0.3) is 0 Å². The van der Waals surface area contributed by atoms with Crippen LogP contribution in [0.5, 0.6) is 0 Å². The van der Waals surface area contributed by atoms with Gasteiger partial charge in [-0.1, -0.05) is 18.2 Å². The van der Waals surface area contributed by atoms with Crippen molar-refractivity contribution >= 4 is 17.7 Å². The van der Waals surface area contributed by atoms with Gasteiger partial charge in [-0.3, -0.25) is 0 Å². The zero-order valence-electron chi connectivity index (χ0n) is 11.5. The minimum Gasteiger partial charge on any atom is -0.326 e. The third-order valence-electron chi connectivity index (χ3n) is 3.85. The molecule has 1 aromatic rings. The number of carbonyl (C=O) groups is 2. The molecule has 20 heavy (non-hydrogen) atoms. The highest BCUT2D eigenvalue weighted by molar-refractivity contribution is 5.89. The number of urea groups is 2. The molecule has 2 saturated heterocycles. The lowest BCUT2D eigenvalue weighted by Gasteiger charge is -2.36. The van der Waals surface area contributed by atoms with Crippen molar-refractivity contribution in [2.75, 3.05) is 38.5 Å². The van der Waals surface area contributed by atoms with E-state index in [0.29, 0.717) is 26.2 Å². The molecule has 1 atom stereocenters. The third kappa shape index (κ3) is 2.29. The summed E-state index contributed by atoms with van der Waals surface area (Å²) in [5.74, 6) is 0. The summed E-state index contributed by atoms with van der Waals surface area (Å²) in [6.07, 6.45) is 0. The molecule has 0 bridgehead atoms. The van der Waals surface area contributed by atoms with Crippen molar-refractivity contribution in [3.63, 3.8) is 0 Å². The van der Waals surface area contributed by atoms with Crippen LogP contribution in [-0.4, -0.2) is 66.0 Å². The third-order valence-corrected chi connectivity index (χ3v) is 3.85. The summed E-state index contributed by atoms with van der Waals surface area (Å²) in [5, 5.41) is 2.88. The molecule has 0 saturated carbocycles. The molecule has 106 valence electrons. The fourth-order valence-electron chi connectivity index (χ4n) is 2.79. The summed E-state index contributed by atoms with van der Waals surface area (Å²) in [6.45, 7) is 2.47. The minimum absolute atomic E-state index is 0.0677. The molecule has 4 amide bonds. The largest absolute Gasteiger partial charge is 0.326 e. The fraction of sp³-hybridized carbons (Fsp3) is 0.429. The van der Waals surface area contributed by atoms with Gasteiger partial charge in [-0.25, -0.2) is 9.59 Å². The van der Waals surface area contributed by atoms with Gasteiger partial charge in [0, 0.05) is 38.9 Å². The lowest BCUT2D eigenvalue weighted by atomic mass is 10.2. The first-order valence-corrected chi connectivity index (χ1v) is 6.78. The van der Waals surface area contributed by atoms with Crippen LogP contribution in [0.2, 0.25) is 0 Å². The van der Waals surface area contributed by atoms with Crippen LogP contribution in [0, 0.1) is 0 Å². The Morgan fingerprint density at radius 3 is 2.70 bits per heavy atom. The monoisotopic (exact) mass is 274 g/mol. The summed E-state index contributed by atoms with van der Waals surface area (Å²) in [7, 11) is 1.80. The second-order valence-electron chi connectivity index (χ2n) is 5.25. The molecule has 2 aliphatic heterocycles. The molecular weight excluding hydrogens is 256 g/mol. The SMILES string of the molecule is CN1CC2CN(C(=O)Nc3ccccc3)CCN2C1=O. The normalized spacial score (nSPS) is 21.9. The van der Waals surface area contributed by atoms with E-state index >= 15 is 0 Å². The van der Waals surface area contributed by atoms with Crippen molar-refractivity contribution in [1.82, 2.24) is 14.7 Å². The van der Waals surface area contributed by atoms with Gasteiger partial charge >= 0.3 is 12.1 Å². The van der Waals surface area contributed by atoms with Crippen LogP contribution in [-0.2, 0) is 0 Å². The Bertz CT molecular complexity index is 519. The summed E-state index contributed by atoms with van der Waals surface area (Å²) < 4.78 is 0. The molecule has 0 aromatic heterocycles. The Labute approximate surface area is 117 Å². The van der Waals surface area contributed by atoms with Gasteiger partial charge in [-0.15, -0.1) is 0 Å². The van der Waals surface area contributed by atoms with E-state index in [4.69, 9.17) is 0 Å². The average molecular weight is 274 g/mol. The highest BCUT2D eigenvalue weighted by Gasteiger charge is 2.39. The van der Waals surface area contributed by atoms with Crippen LogP contribution in [0.4, 0.5) is 15.3 Å². The molecule has 0 spiro atoms. The number of nitrogens with one attached hydrogen (secondary N) is 1.